The molecule has 0 atom stereocenters. The van der Waals surface area contributed by atoms with Crippen molar-refractivity contribution in [3.8, 4) is 0 Å². The van der Waals surface area contributed by atoms with E-state index in [0.717, 1.165) is 0 Å². The third-order valence-electron chi connectivity index (χ3n) is 3.34. The van der Waals surface area contributed by atoms with Crippen molar-refractivity contribution in [2.45, 2.75) is 6.54 Å². The molecule has 0 spiro atoms. The molecule has 1 aromatic carbocycles. The van der Waals surface area contributed by atoms with Gasteiger partial charge in [-0.05, 0) is 36.4 Å². The van der Waals surface area contributed by atoms with Crippen LogP contribution in [0.2, 0.25) is 5.02 Å². The summed E-state index contributed by atoms with van der Waals surface area (Å²) in [5.41, 5.74) is 1.15. The number of amides is 2. The summed E-state index contributed by atoms with van der Waals surface area (Å²) >= 11 is 5.77. The van der Waals surface area contributed by atoms with E-state index in [9.17, 15) is 9.59 Å². The molecule has 122 valence electrons. The lowest BCUT2D eigenvalue weighted by molar-refractivity contribution is -0.120. The zero-order valence-corrected chi connectivity index (χ0v) is 13.3. The SMILES string of the molecule is O=C(CNC(=O)c1ccc(Cl)cc1)NCc1nnc2ccccn12. The van der Waals surface area contributed by atoms with Crippen LogP contribution in [0, 0.1) is 0 Å². The Kier molecular flexibility index (Phi) is 4.72. The van der Waals surface area contributed by atoms with E-state index in [1.165, 1.54) is 0 Å². The van der Waals surface area contributed by atoms with Crippen LogP contribution in [0.5, 0.6) is 0 Å². The van der Waals surface area contributed by atoms with Gasteiger partial charge in [0.25, 0.3) is 5.91 Å². The van der Waals surface area contributed by atoms with Crippen molar-refractivity contribution < 1.29 is 9.59 Å². The Balaban J connectivity index is 1.51. The average molecular weight is 344 g/mol. The van der Waals surface area contributed by atoms with Crippen LogP contribution in [0.4, 0.5) is 0 Å². The second kappa shape index (κ2) is 7.10. The lowest BCUT2D eigenvalue weighted by Crippen LogP contribution is -2.36. The number of hydrogen-bond donors (Lipinski definition) is 2. The Morgan fingerprint density at radius 3 is 2.62 bits per heavy atom. The van der Waals surface area contributed by atoms with E-state index in [1.807, 2.05) is 24.4 Å². The fraction of sp³-hybridized carbons (Fsp3) is 0.125. The molecule has 0 aliphatic carbocycles. The first-order chi connectivity index (χ1) is 11.6. The Morgan fingerprint density at radius 1 is 1.04 bits per heavy atom. The molecule has 0 radical (unpaired) electrons. The highest BCUT2D eigenvalue weighted by Crippen LogP contribution is 2.09. The highest BCUT2D eigenvalue weighted by molar-refractivity contribution is 6.30. The summed E-state index contributed by atoms with van der Waals surface area (Å²) in [6.45, 7) is 0.0963. The predicted octanol–water partition coefficient (Wildman–Crippen LogP) is 1.43. The molecule has 24 heavy (non-hydrogen) atoms. The van der Waals surface area contributed by atoms with E-state index < -0.39 is 0 Å². The zero-order chi connectivity index (χ0) is 16.9. The van der Waals surface area contributed by atoms with Crippen LogP contribution in [0.25, 0.3) is 5.65 Å². The Hall–Kier alpha value is -2.93. The summed E-state index contributed by atoms with van der Waals surface area (Å²) in [6, 6.07) is 12.0. The first kappa shape index (κ1) is 15.9. The van der Waals surface area contributed by atoms with E-state index >= 15 is 0 Å². The van der Waals surface area contributed by atoms with E-state index in [-0.39, 0.29) is 24.9 Å². The van der Waals surface area contributed by atoms with Gasteiger partial charge < -0.3 is 10.6 Å². The third kappa shape index (κ3) is 3.69. The number of carbonyl (C=O) groups excluding carboxylic acids is 2. The van der Waals surface area contributed by atoms with Gasteiger partial charge in [-0.25, -0.2) is 0 Å². The molecule has 0 aliphatic heterocycles. The molecule has 2 N–H and O–H groups in total. The van der Waals surface area contributed by atoms with E-state index in [4.69, 9.17) is 11.6 Å². The van der Waals surface area contributed by atoms with Crippen LogP contribution in [-0.4, -0.2) is 33.0 Å². The second-order valence-electron chi connectivity index (χ2n) is 5.01. The number of halogens is 1. The highest BCUT2D eigenvalue weighted by Gasteiger charge is 2.09. The van der Waals surface area contributed by atoms with E-state index in [0.29, 0.717) is 22.1 Å². The number of benzene rings is 1. The molecular formula is C16H14ClN5O2. The Morgan fingerprint density at radius 2 is 1.83 bits per heavy atom. The quantitative estimate of drug-likeness (QED) is 0.733. The molecule has 2 amide bonds. The minimum Gasteiger partial charge on any atom is -0.347 e. The van der Waals surface area contributed by atoms with Crippen molar-refractivity contribution in [1.82, 2.24) is 25.2 Å². The number of aromatic nitrogens is 3. The number of pyridine rings is 1. The minimum atomic E-state index is -0.338. The Labute approximate surface area is 142 Å². The van der Waals surface area contributed by atoms with Crippen LogP contribution in [-0.2, 0) is 11.3 Å². The number of fused-ring (bicyclic) bond motifs is 1. The summed E-state index contributed by atoms with van der Waals surface area (Å²) in [5.74, 6) is -0.0392. The molecule has 3 aromatic rings. The van der Waals surface area contributed by atoms with Gasteiger partial charge in [-0.15, -0.1) is 10.2 Å². The summed E-state index contributed by atoms with van der Waals surface area (Å²) in [7, 11) is 0. The second-order valence-corrected chi connectivity index (χ2v) is 5.45. The van der Waals surface area contributed by atoms with Gasteiger partial charge in [0.05, 0.1) is 13.1 Å². The van der Waals surface area contributed by atoms with E-state index in [1.54, 1.807) is 28.7 Å². The van der Waals surface area contributed by atoms with Crippen LogP contribution < -0.4 is 10.6 Å². The average Bonchev–Trinajstić information content (AvgIpc) is 3.01. The van der Waals surface area contributed by atoms with Gasteiger partial charge in [-0.3, -0.25) is 14.0 Å². The van der Waals surface area contributed by atoms with Gasteiger partial charge in [-0.2, -0.15) is 0 Å². The van der Waals surface area contributed by atoms with Crippen molar-refractivity contribution in [3.05, 3.63) is 65.1 Å². The predicted molar refractivity (Wildman–Crippen MR) is 88.6 cm³/mol. The summed E-state index contributed by atoms with van der Waals surface area (Å²) in [5, 5.41) is 13.8. The highest BCUT2D eigenvalue weighted by atomic mass is 35.5. The standard InChI is InChI=1S/C16H14ClN5O2/c17-12-6-4-11(5-7-12)16(24)19-10-15(23)18-9-14-21-20-13-3-1-2-8-22(13)14/h1-8H,9-10H2,(H,18,23)(H,19,24). The number of nitrogens with one attached hydrogen (secondary N) is 2. The Bertz CT molecular complexity index is 876. The van der Waals surface area contributed by atoms with Gasteiger partial charge in [0.2, 0.25) is 5.91 Å². The van der Waals surface area contributed by atoms with Crippen LogP contribution in [0.15, 0.2) is 48.7 Å². The summed E-state index contributed by atoms with van der Waals surface area (Å²) < 4.78 is 1.78. The molecule has 8 heteroatoms. The fourth-order valence-electron chi connectivity index (χ4n) is 2.12. The van der Waals surface area contributed by atoms with Crippen molar-refractivity contribution in [2.75, 3.05) is 6.54 Å². The van der Waals surface area contributed by atoms with Crippen molar-refractivity contribution in [1.29, 1.82) is 0 Å². The molecule has 0 aliphatic rings. The van der Waals surface area contributed by atoms with Crippen LogP contribution in [0.1, 0.15) is 16.2 Å². The largest absolute Gasteiger partial charge is 0.347 e. The molecule has 0 unspecified atom stereocenters. The van der Waals surface area contributed by atoms with Gasteiger partial charge >= 0.3 is 0 Å². The number of hydrogen-bond acceptors (Lipinski definition) is 4. The van der Waals surface area contributed by atoms with Gasteiger partial charge in [0.15, 0.2) is 11.5 Å². The molecule has 2 heterocycles. The topological polar surface area (TPSA) is 88.4 Å². The van der Waals surface area contributed by atoms with Crippen molar-refractivity contribution >= 4 is 29.1 Å². The normalized spacial score (nSPS) is 10.5. The maximum atomic E-state index is 11.9. The van der Waals surface area contributed by atoms with Crippen LogP contribution >= 0.6 is 11.6 Å². The number of rotatable bonds is 5. The lowest BCUT2D eigenvalue weighted by atomic mass is 10.2. The molecule has 0 bridgehead atoms. The molecule has 0 fully saturated rings. The van der Waals surface area contributed by atoms with Crippen molar-refractivity contribution in [2.24, 2.45) is 0 Å². The van der Waals surface area contributed by atoms with Gasteiger partial charge in [-0.1, -0.05) is 17.7 Å². The van der Waals surface area contributed by atoms with Gasteiger partial charge in [0, 0.05) is 16.8 Å². The van der Waals surface area contributed by atoms with Crippen LogP contribution in [0.3, 0.4) is 0 Å². The molecule has 3 rings (SSSR count). The maximum absolute atomic E-state index is 11.9. The first-order valence-electron chi connectivity index (χ1n) is 7.22. The van der Waals surface area contributed by atoms with Gasteiger partial charge in [0.1, 0.15) is 0 Å². The number of carbonyl (C=O) groups is 2. The summed E-state index contributed by atoms with van der Waals surface area (Å²) in [4.78, 5) is 23.8. The molecular weight excluding hydrogens is 330 g/mol. The number of nitrogens with zero attached hydrogens (tertiary/aromatic N) is 3. The lowest BCUT2D eigenvalue weighted by Gasteiger charge is -2.06. The van der Waals surface area contributed by atoms with Crippen molar-refractivity contribution in [3.63, 3.8) is 0 Å². The molecule has 7 nitrogen and oxygen atoms in total. The first-order valence-corrected chi connectivity index (χ1v) is 7.60. The third-order valence-corrected chi connectivity index (χ3v) is 3.60. The smallest absolute Gasteiger partial charge is 0.251 e. The molecule has 0 saturated carbocycles. The van der Waals surface area contributed by atoms with E-state index in [2.05, 4.69) is 20.8 Å². The zero-order valence-electron chi connectivity index (χ0n) is 12.6. The summed E-state index contributed by atoms with van der Waals surface area (Å²) in [6.07, 6.45) is 1.82. The monoisotopic (exact) mass is 343 g/mol. The molecule has 2 aromatic heterocycles. The molecule has 0 saturated heterocycles. The maximum Gasteiger partial charge on any atom is 0.251 e. The minimum absolute atomic E-state index is 0.127. The fourth-order valence-corrected chi connectivity index (χ4v) is 2.24.